The zero-order valence-electron chi connectivity index (χ0n) is 11.7. The first-order chi connectivity index (χ1) is 9.90. The van der Waals surface area contributed by atoms with Gasteiger partial charge in [0, 0.05) is 10.0 Å². The van der Waals surface area contributed by atoms with Gasteiger partial charge in [0.15, 0.2) is 0 Å². The number of rotatable bonds is 4. The molecule has 0 aliphatic heterocycles. The summed E-state index contributed by atoms with van der Waals surface area (Å²) in [6, 6.07) is 14.1. The zero-order chi connectivity index (χ0) is 15.5. The molecule has 0 spiro atoms. The minimum atomic E-state index is -3.65. The highest BCUT2D eigenvalue weighted by molar-refractivity contribution is 9.10. The topological polar surface area (TPSA) is 58.5 Å². The van der Waals surface area contributed by atoms with Crippen molar-refractivity contribution in [2.45, 2.75) is 18.7 Å². The highest BCUT2D eigenvalue weighted by atomic mass is 79.9. The summed E-state index contributed by atoms with van der Waals surface area (Å²) < 4.78 is 25.1. The highest BCUT2D eigenvalue weighted by Crippen LogP contribution is 2.17. The third-order valence-corrected chi connectivity index (χ3v) is 4.84. The van der Waals surface area contributed by atoms with Crippen molar-refractivity contribution in [2.75, 3.05) is 0 Å². The van der Waals surface area contributed by atoms with Crippen LogP contribution >= 0.6 is 15.9 Å². The molecule has 0 saturated heterocycles. The van der Waals surface area contributed by atoms with E-state index in [2.05, 4.69) is 25.9 Å². The number of halogens is 1. The van der Waals surface area contributed by atoms with Gasteiger partial charge < -0.3 is 0 Å². The minimum Gasteiger partial charge on any atom is -0.200 e. The lowest BCUT2D eigenvalue weighted by Gasteiger charge is -2.07. The number of hydrogen-bond donors (Lipinski definition) is 1. The molecule has 0 heterocycles. The quantitative estimate of drug-likeness (QED) is 0.665. The minimum absolute atomic E-state index is 0.191. The molecule has 0 aliphatic rings. The van der Waals surface area contributed by atoms with Gasteiger partial charge in [-0.05, 0) is 32.0 Å². The second-order valence-electron chi connectivity index (χ2n) is 4.58. The Kier molecular flexibility index (Phi) is 4.80. The standard InChI is InChI=1S/C15H15BrN2O2S/c1-11-7-9-13(10-8-11)21(19,20)18-17-12(2)14-5-3-4-6-15(14)16/h3-10,18H,1-2H3/b17-12-. The number of nitrogens with one attached hydrogen (secondary N) is 1. The molecule has 2 aromatic rings. The van der Waals surface area contributed by atoms with Gasteiger partial charge in [-0.3, -0.25) is 0 Å². The summed E-state index contributed by atoms with van der Waals surface area (Å²) >= 11 is 3.41. The van der Waals surface area contributed by atoms with E-state index in [4.69, 9.17) is 0 Å². The van der Waals surface area contributed by atoms with Crippen LogP contribution in [0.15, 0.2) is 63.0 Å². The van der Waals surface area contributed by atoms with Crippen LogP contribution in [0.5, 0.6) is 0 Å². The van der Waals surface area contributed by atoms with Crippen LogP contribution in [0.1, 0.15) is 18.1 Å². The molecular weight excluding hydrogens is 352 g/mol. The van der Waals surface area contributed by atoms with E-state index in [1.54, 1.807) is 31.2 Å². The molecule has 0 unspecified atom stereocenters. The molecule has 6 heteroatoms. The summed E-state index contributed by atoms with van der Waals surface area (Å²) in [6.45, 7) is 3.65. The maximum Gasteiger partial charge on any atom is 0.276 e. The Morgan fingerprint density at radius 1 is 1.10 bits per heavy atom. The van der Waals surface area contributed by atoms with Crippen molar-refractivity contribution in [3.05, 3.63) is 64.1 Å². The van der Waals surface area contributed by atoms with E-state index in [-0.39, 0.29) is 4.90 Å². The summed E-state index contributed by atoms with van der Waals surface area (Å²) in [4.78, 5) is 2.45. The maximum absolute atomic E-state index is 12.1. The number of hydrazone groups is 1. The van der Waals surface area contributed by atoms with Crippen LogP contribution < -0.4 is 4.83 Å². The molecule has 2 rings (SSSR count). The Bertz CT molecular complexity index is 769. The maximum atomic E-state index is 12.1. The Hall–Kier alpha value is -1.66. The van der Waals surface area contributed by atoms with Gasteiger partial charge in [0.05, 0.1) is 10.6 Å². The number of hydrogen-bond acceptors (Lipinski definition) is 3. The molecule has 0 aliphatic carbocycles. The Morgan fingerprint density at radius 3 is 2.33 bits per heavy atom. The van der Waals surface area contributed by atoms with Crippen molar-refractivity contribution in [1.82, 2.24) is 4.83 Å². The van der Waals surface area contributed by atoms with E-state index in [0.29, 0.717) is 5.71 Å². The van der Waals surface area contributed by atoms with E-state index in [9.17, 15) is 8.42 Å². The normalized spacial score (nSPS) is 12.2. The summed E-state index contributed by atoms with van der Waals surface area (Å²) in [5.74, 6) is 0. The second-order valence-corrected chi connectivity index (χ2v) is 7.10. The summed E-state index contributed by atoms with van der Waals surface area (Å²) in [5, 5.41) is 3.97. The molecule has 0 amide bonds. The van der Waals surface area contributed by atoms with Crippen LogP contribution in [-0.2, 0) is 10.0 Å². The first-order valence-corrected chi connectivity index (χ1v) is 8.55. The van der Waals surface area contributed by atoms with Crippen LogP contribution in [0.25, 0.3) is 0 Å². The van der Waals surface area contributed by atoms with Gasteiger partial charge in [0.1, 0.15) is 0 Å². The van der Waals surface area contributed by atoms with Gasteiger partial charge >= 0.3 is 0 Å². The average Bonchev–Trinajstić information content (AvgIpc) is 2.46. The average molecular weight is 367 g/mol. The van der Waals surface area contributed by atoms with Gasteiger partial charge in [-0.25, -0.2) is 0 Å². The molecule has 0 saturated carbocycles. The van der Waals surface area contributed by atoms with Crippen LogP contribution in [0.3, 0.4) is 0 Å². The molecule has 21 heavy (non-hydrogen) atoms. The number of nitrogens with zero attached hydrogens (tertiary/aromatic N) is 1. The Labute approximate surface area is 133 Å². The molecule has 2 aromatic carbocycles. The lowest BCUT2D eigenvalue weighted by molar-refractivity contribution is 0.584. The fourth-order valence-electron chi connectivity index (χ4n) is 1.71. The molecule has 0 aromatic heterocycles. The van der Waals surface area contributed by atoms with E-state index >= 15 is 0 Å². The molecule has 0 radical (unpaired) electrons. The van der Waals surface area contributed by atoms with Crippen molar-refractivity contribution in [3.63, 3.8) is 0 Å². The first-order valence-electron chi connectivity index (χ1n) is 6.28. The molecule has 4 nitrogen and oxygen atoms in total. The lowest BCUT2D eigenvalue weighted by Crippen LogP contribution is -2.20. The summed E-state index contributed by atoms with van der Waals surface area (Å²) in [7, 11) is -3.65. The second kappa shape index (κ2) is 6.41. The predicted molar refractivity (Wildman–Crippen MR) is 87.9 cm³/mol. The van der Waals surface area contributed by atoms with Crippen LogP contribution in [-0.4, -0.2) is 14.1 Å². The highest BCUT2D eigenvalue weighted by Gasteiger charge is 2.12. The van der Waals surface area contributed by atoms with Gasteiger partial charge in [0.2, 0.25) is 0 Å². The van der Waals surface area contributed by atoms with Crippen LogP contribution in [0, 0.1) is 6.92 Å². The number of aryl methyl sites for hydroxylation is 1. The molecule has 0 fully saturated rings. The van der Waals surface area contributed by atoms with E-state index in [1.165, 1.54) is 0 Å². The SMILES string of the molecule is C/C(=N/NS(=O)(=O)c1ccc(C)cc1)c1ccccc1Br. The van der Waals surface area contributed by atoms with Gasteiger partial charge in [-0.1, -0.05) is 51.8 Å². The number of benzene rings is 2. The number of sulfonamides is 1. The fraction of sp³-hybridized carbons (Fsp3) is 0.133. The van der Waals surface area contributed by atoms with E-state index < -0.39 is 10.0 Å². The predicted octanol–water partition coefficient (Wildman–Crippen LogP) is 3.46. The molecule has 0 atom stereocenters. The summed E-state index contributed by atoms with van der Waals surface area (Å²) in [5.41, 5.74) is 2.42. The first kappa shape index (κ1) is 15.7. The van der Waals surface area contributed by atoms with Crippen molar-refractivity contribution >= 4 is 31.7 Å². The van der Waals surface area contributed by atoms with Gasteiger partial charge in [0.25, 0.3) is 10.0 Å². The van der Waals surface area contributed by atoms with Crippen molar-refractivity contribution in [2.24, 2.45) is 5.10 Å². The summed E-state index contributed by atoms with van der Waals surface area (Å²) in [6.07, 6.45) is 0. The van der Waals surface area contributed by atoms with Crippen molar-refractivity contribution < 1.29 is 8.42 Å². The van der Waals surface area contributed by atoms with Gasteiger partial charge in [-0.15, -0.1) is 0 Å². The van der Waals surface area contributed by atoms with Gasteiger partial charge in [-0.2, -0.15) is 18.4 Å². The molecule has 110 valence electrons. The third kappa shape index (κ3) is 3.92. The van der Waals surface area contributed by atoms with E-state index in [1.807, 2.05) is 31.2 Å². The fourth-order valence-corrected chi connectivity index (χ4v) is 3.14. The van der Waals surface area contributed by atoms with E-state index in [0.717, 1.165) is 15.6 Å². The molecule has 1 N–H and O–H groups in total. The largest absolute Gasteiger partial charge is 0.276 e. The van der Waals surface area contributed by atoms with Crippen molar-refractivity contribution in [1.29, 1.82) is 0 Å². The lowest BCUT2D eigenvalue weighted by atomic mass is 10.1. The van der Waals surface area contributed by atoms with Crippen molar-refractivity contribution in [3.8, 4) is 0 Å². The Morgan fingerprint density at radius 2 is 1.71 bits per heavy atom. The Balaban J connectivity index is 2.23. The third-order valence-electron chi connectivity index (χ3n) is 2.93. The zero-order valence-corrected chi connectivity index (χ0v) is 14.1. The molecule has 0 bridgehead atoms. The molecular formula is C15H15BrN2O2S. The smallest absolute Gasteiger partial charge is 0.200 e. The van der Waals surface area contributed by atoms with Crippen LogP contribution in [0.2, 0.25) is 0 Å². The van der Waals surface area contributed by atoms with Crippen LogP contribution in [0.4, 0.5) is 0 Å². The monoisotopic (exact) mass is 366 g/mol.